The molecule has 2 rings (SSSR count). The molecule has 0 fully saturated rings. The van der Waals surface area contributed by atoms with Crippen molar-refractivity contribution in [2.75, 3.05) is 10.7 Å². The Kier molecular flexibility index (Phi) is 3.53. The van der Waals surface area contributed by atoms with Crippen LogP contribution in [0.5, 0.6) is 0 Å². The van der Waals surface area contributed by atoms with Gasteiger partial charge in [0, 0.05) is 17.3 Å². The van der Waals surface area contributed by atoms with Crippen molar-refractivity contribution in [3.63, 3.8) is 0 Å². The molecule has 0 bridgehead atoms. The molecule has 2 aromatic heterocycles. The first-order valence-corrected chi connectivity index (χ1v) is 5.41. The van der Waals surface area contributed by atoms with Gasteiger partial charge in [-0.2, -0.15) is 5.10 Å². The van der Waals surface area contributed by atoms with Crippen molar-refractivity contribution in [3.8, 4) is 0 Å². The van der Waals surface area contributed by atoms with Crippen molar-refractivity contribution in [1.29, 1.82) is 0 Å². The predicted octanol–water partition coefficient (Wildman–Crippen LogP) is 0.0112. The molecule has 0 radical (unpaired) electrons. The van der Waals surface area contributed by atoms with Gasteiger partial charge in [0.2, 0.25) is 0 Å². The van der Waals surface area contributed by atoms with Crippen molar-refractivity contribution in [1.82, 2.24) is 15.2 Å². The molecule has 0 aliphatic carbocycles. The number of carbonyl (C=O) groups is 1. The van der Waals surface area contributed by atoms with Crippen LogP contribution < -0.4 is 22.1 Å². The van der Waals surface area contributed by atoms with Crippen molar-refractivity contribution >= 4 is 17.5 Å². The Hall–Kier alpha value is -2.74. The van der Waals surface area contributed by atoms with Gasteiger partial charge in [0.05, 0.1) is 0 Å². The minimum atomic E-state index is -0.374. The summed E-state index contributed by atoms with van der Waals surface area (Å²) in [6.07, 6.45) is 0. The standard InChI is InChI=1S/C11H12N6O2/c1-6-4-7(5-9(13-6)15-12)11(19)14-8-2-3-10(18)17-16-8/h2-5H,12H2,1H3,(H,13,15)(H,17,18)(H,14,16,19). The third-order valence-electron chi connectivity index (χ3n) is 2.28. The number of nitrogens with two attached hydrogens (primary N) is 1. The van der Waals surface area contributed by atoms with E-state index < -0.39 is 0 Å². The molecule has 19 heavy (non-hydrogen) atoms. The number of hydrogen-bond donors (Lipinski definition) is 4. The first-order chi connectivity index (χ1) is 9.08. The largest absolute Gasteiger partial charge is 0.308 e. The Morgan fingerprint density at radius 3 is 2.74 bits per heavy atom. The Morgan fingerprint density at radius 2 is 2.11 bits per heavy atom. The lowest BCUT2D eigenvalue weighted by atomic mass is 10.2. The lowest BCUT2D eigenvalue weighted by Gasteiger charge is -2.06. The summed E-state index contributed by atoms with van der Waals surface area (Å²) in [5.74, 6) is 5.53. The fraction of sp³-hybridized carbons (Fsp3) is 0.0909. The molecule has 0 saturated carbocycles. The van der Waals surface area contributed by atoms with E-state index in [9.17, 15) is 9.59 Å². The lowest BCUT2D eigenvalue weighted by molar-refractivity contribution is 0.102. The average molecular weight is 260 g/mol. The van der Waals surface area contributed by atoms with Crippen molar-refractivity contribution in [2.45, 2.75) is 6.92 Å². The van der Waals surface area contributed by atoms with Crippen LogP contribution in [-0.2, 0) is 0 Å². The molecule has 2 heterocycles. The van der Waals surface area contributed by atoms with Crippen LogP contribution in [0.1, 0.15) is 16.1 Å². The summed E-state index contributed by atoms with van der Waals surface area (Å²) < 4.78 is 0. The zero-order valence-electron chi connectivity index (χ0n) is 10.1. The number of nitrogens with zero attached hydrogens (tertiary/aromatic N) is 2. The van der Waals surface area contributed by atoms with Crippen molar-refractivity contribution in [3.05, 3.63) is 45.9 Å². The molecule has 8 nitrogen and oxygen atoms in total. The normalized spacial score (nSPS) is 10.0. The number of nitrogens with one attached hydrogen (secondary N) is 3. The number of hydrazine groups is 1. The van der Waals surface area contributed by atoms with E-state index in [1.165, 1.54) is 18.2 Å². The monoisotopic (exact) mass is 260 g/mol. The Morgan fingerprint density at radius 1 is 1.32 bits per heavy atom. The van der Waals surface area contributed by atoms with E-state index in [0.717, 1.165) is 0 Å². The number of pyridine rings is 1. The van der Waals surface area contributed by atoms with Gasteiger partial charge >= 0.3 is 0 Å². The van der Waals surface area contributed by atoms with Gasteiger partial charge in [-0.1, -0.05) is 0 Å². The number of aromatic amines is 1. The minimum absolute atomic E-state index is 0.251. The Balaban J connectivity index is 2.22. The SMILES string of the molecule is Cc1cc(C(=O)Nc2ccc(=O)[nH]n2)cc(NN)n1. The van der Waals surface area contributed by atoms with Gasteiger partial charge in [-0.25, -0.2) is 15.9 Å². The number of nitrogen functional groups attached to an aromatic ring is 1. The molecule has 0 spiro atoms. The predicted molar refractivity (Wildman–Crippen MR) is 69.6 cm³/mol. The number of anilines is 2. The summed E-state index contributed by atoms with van der Waals surface area (Å²) in [4.78, 5) is 26.9. The number of aromatic nitrogens is 3. The van der Waals surface area contributed by atoms with Gasteiger partial charge in [-0.05, 0) is 25.1 Å². The second-order valence-corrected chi connectivity index (χ2v) is 3.79. The first-order valence-electron chi connectivity index (χ1n) is 5.41. The summed E-state index contributed by atoms with van der Waals surface area (Å²) >= 11 is 0. The van der Waals surface area contributed by atoms with Gasteiger partial charge in [0.25, 0.3) is 11.5 Å². The Labute approximate surface area is 108 Å². The molecule has 0 saturated heterocycles. The van der Waals surface area contributed by atoms with Gasteiger partial charge in [0.15, 0.2) is 5.82 Å². The van der Waals surface area contributed by atoms with Crippen LogP contribution in [0.15, 0.2) is 29.1 Å². The molecule has 0 atom stereocenters. The maximum Gasteiger partial charge on any atom is 0.264 e. The van der Waals surface area contributed by atoms with E-state index in [-0.39, 0.29) is 17.3 Å². The van der Waals surface area contributed by atoms with Gasteiger partial charge in [-0.3, -0.25) is 9.59 Å². The van der Waals surface area contributed by atoms with E-state index in [1.807, 2.05) is 0 Å². The second-order valence-electron chi connectivity index (χ2n) is 3.79. The third-order valence-corrected chi connectivity index (χ3v) is 2.28. The molecule has 5 N–H and O–H groups in total. The van der Waals surface area contributed by atoms with E-state index in [1.54, 1.807) is 13.0 Å². The zero-order chi connectivity index (χ0) is 13.8. The summed E-state index contributed by atoms with van der Waals surface area (Å²) in [5.41, 5.74) is 3.07. The maximum absolute atomic E-state index is 12.0. The van der Waals surface area contributed by atoms with Crippen molar-refractivity contribution in [2.24, 2.45) is 5.84 Å². The molecule has 2 aromatic rings. The summed E-state index contributed by atoms with van der Waals surface area (Å²) in [7, 11) is 0. The maximum atomic E-state index is 12.0. The first kappa shape index (κ1) is 12.7. The number of amides is 1. The van der Waals surface area contributed by atoms with Crippen LogP contribution in [-0.4, -0.2) is 21.1 Å². The quantitative estimate of drug-likeness (QED) is 0.455. The Bertz CT molecular complexity index is 646. The van der Waals surface area contributed by atoms with Crippen LogP contribution >= 0.6 is 0 Å². The number of rotatable bonds is 3. The molecule has 0 aromatic carbocycles. The fourth-order valence-corrected chi connectivity index (χ4v) is 1.48. The highest BCUT2D eigenvalue weighted by Crippen LogP contribution is 2.10. The van der Waals surface area contributed by atoms with E-state index in [0.29, 0.717) is 17.1 Å². The van der Waals surface area contributed by atoms with Crippen molar-refractivity contribution < 1.29 is 4.79 Å². The highest BCUT2D eigenvalue weighted by atomic mass is 16.2. The molecule has 8 heteroatoms. The lowest BCUT2D eigenvalue weighted by Crippen LogP contribution is -2.17. The molecular weight excluding hydrogens is 248 g/mol. The summed E-state index contributed by atoms with van der Waals surface area (Å²) in [5, 5.41) is 8.46. The van der Waals surface area contributed by atoms with E-state index in [4.69, 9.17) is 5.84 Å². The number of H-pyrrole nitrogens is 1. The minimum Gasteiger partial charge on any atom is -0.308 e. The summed E-state index contributed by atoms with van der Waals surface area (Å²) in [6.45, 7) is 1.75. The van der Waals surface area contributed by atoms with Crippen LogP contribution in [0, 0.1) is 6.92 Å². The fourth-order valence-electron chi connectivity index (χ4n) is 1.48. The number of carbonyl (C=O) groups excluding carboxylic acids is 1. The molecule has 0 unspecified atom stereocenters. The van der Waals surface area contributed by atoms with E-state index in [2.05, 4.69) is 25.9 Å². The molecule has 0 aliphatic rings. The van der Waals surface area contributed by atoms with E-state index >= 15 is 0 Å². The highest BCUT2D eigenvalue weighted by Gasteiger charge is 2.09. The highest BCUT2D eigenvalue weighted by molar-refractivity contribution is 6.04. The molecule has 0 aliphatic heterocycles. The van der Waals surface area contributed by atoms with Gasteiger partial charge in [0.1, 0.15) is 5.82 Å². The van der Waals surface area contributed by atoms with Crippen LogP contribution in [0.3, 0.4) is 0 Å². The number of aryl methyl sites for hydroxylation is 1. The zero-order valence-corrected chi connectivity index (χ0v) is 10.1. The van der Waals surface area contributed by atoms with Crippen LogP contribution in [0.25, 0.3) is 0 Å². The molecule has 98 valence electrons. The second kappa shape index (κ2) is 5.27. The van der Waals surface area contributed by atoms with Gasteiger partial charge < -0.3 is 10.7 Å². The summed E-state index contributed by atoms with van der Waals surface area (Å²) in [6, 6.07) is 5.80. The van der Waals surface area contributed by atoms with Crippen LogP contribution in [0.4, 0.5) is 11.6 Å². The van der Waals surface area contributed by atoms with Gasteiger partial charge in [-0.15, -0.1) is 0 Å². The average Bonchev–Trinajstić information content (AvgIpc) is 2.40. The number of hydrogen-bond acceptors (Lipinski definition) is 6. The third kappa shape index (κ3) is 3.13. The van der Waals surface area contributed by atoms with Crippen LogP contribution in [0.2, 0.25) is 0 Å². The molecule has 1 amide bonds. The smallest absolute Gasteiger partial charge is 0.264 e. The topological polar surface area (TPSA) is 126 Å². The molecular formula is C11H12N6O2.